The highest BCUT2D eigenvalue weighted by Crippen LogP contribution is 2.70. The molecule has 0 radical (unpaired) electrons. The Balaban J connectivity index is 1.68. The Bertz CT molecular complexity index is 818. The van der Waals surface area contributed by atoms with Gasteiger partial charge in [0.25, 0.3) is 0 Å². The molecule has 0 unspecified atom stereocenters. The molecular formula is C24H34ClFO5. The van der Waals surface area contributed by atoms with Gasteiger partial charge in [-0.05, 0) is 61.9 Å². The number of carbonyl (C=O) groups excluding carboxylic acids is 2. The number of carbonyl (C=O) groups is 2. The van der Waals surface area contributed by atoms with Gasteiger partial charge in [0, 0.05) is 24.2 Å². The van der Waals surface area contributed by atoms with Crippen molar-refractivity contribution in [1.82, 2.24) is 0 Å². The van der Waals surface area contributed by atoms with E-state index < -0.39 is 46.1 Å². The number of esters is 1. The van der Waals surface area contributed by atoms with Crippen LogP contribution in [0.5, 0.6) is 0 Å². The maximum absolute atomic E-state index is 15.8. The highest BCUT2D eigenvalue weighted by atomic mass is 35.5. The summed E-state index contributed by atoms with van der Waals surface area (Å²) in [5.41, 5.74) is -4.16. The minimum Gasteiger partial charge on any atom is -0.462 e. The zero-order valence-electron chi connectivity index (χ0n) is 18.6. The Hall–Kier alpha value is -0.980. The van der Waals surface area contributed by atoms with Gasteiger partial charge in [-0.1, -0.05) is 20.4 Å². The molecule has 7 heteroatoms. The van der Waals surface area contributed by atoms with Gasteiger partial charge < -0.3 is 14.9 Å². The molecule has 31 heavy (non-hydrogen) atoms. The van der Waals surface area contributed by atoms with E-state index in [9.17, 15) is 19.8 Å². The number of Topliss-reactive ketones (excluding diaryl/α,β-unsaturated/α-hetero) is 1. The summed E-state index contributed by atoms with van der Waals surface area (Å²) in [6.45, 7) is 9.26. The summed E-state index contributed by atoms with van der Waals surface area (Å²) < 4.78 is 21.1. The number of rotatable bonds is 3. The van der Waals surface area contributed by atoms with Crippen molar-refractivity contribution in [3.8, 4) is 0 Å². The fourth-order valence-electron chi connectivity index (χ4n) is 8.10. The van der Waals surface area contributed by atoms with Crippen molar-refractivity contribution in [3.63, 3.8) is 0 Å². The van der Waals surface area contributed by atoms with Crippen molar-refractivity contribution in [1.29, 1.82) is 0 Å². The van der Waals surface area contributed by atoms with E-state index >= 15 is 4.39 Å². The molecule has 0 aromatic heterocycles. The van der Waals surface area contributed by atoms with Gasteiger partial charge in [-0.2, -0.15) is 0 Å². The van der Waals surface area contributed by atoms with Crippen molar-refractivity contribution < 1.29 is 28.9 Å². The lowest BCUT2D eigenvalue weighted by molar-refractivity contribution is -0.255. The van der Waals surface area contributed by atoms with Crippen LogP contribution >= 0.6 is 11.6 Å². The van der Waals surface area contributed by atoms with Gasteiger partial charge in [0.1, 0.15) is 17.9 Å². The lowest BCUT2D eigenvalue weighted by Crippen LogP contribution is -2.68. The lowest BCUT2D eigenvalue weighted by Gasteiger charge is -2.65. The fourth-order valence-corrected chi connectivity index (χ4v) is 8.30. The van der Waals surface area contributed by atoms with Crippen LogP contribution in [0.3, 0.4) is 0 Å². The van der Waals surface area contributed by atoms with Crippen LogP contribution in [0.2, 0.25) is 0 Å². The molecule has 0 amide bonds. The lowest BCUT2D eigenvalue weighted by atomic mass is 9.42. The molecule has 4 fully saturated rings. The van der Waals surface area contributed by atoms with Crippen LogP contribution in [-0.2, 0) is 14.3 Å². The highest BCUT2D eigenvalue weighted by Gasteiger charge is 2.72. The van der Waals surface area contributed by atoms with Gasteiger partial charge >= 0.3 is 5.97 Å². The van der Waals surface area contributed by atoms with E-state index in [-0.39, 0.29) is 36.5 Å². The van der Waals surface area contributed by atoms with Crippen molar-refractivity contribution in [2.45, 2.75) is 89.2 Å². The van der Waals surface area contributed by atoms with Crippen LogP contribution in [-0.4, -0.2) is 51.3 Å². The summed E-state index contributed by atoms with van der Waals surface area (Å²) in [6, 6.07) is 0. The molecule has 0 spiro atoms. The number of ether oxygens (including phenoxy) is 1. The molecule has 0 aliphatic heterocycles. The van der Waals surface area contributed by atoms with E-state index in [2.05, 4.69) is 6.58 Å². The average Bonchev–Trinajstić information content (AvgIpc) is 2.91. The first-order valence-corrected chi connectivity index (χ1v) is 11.9. The first-order chi connectivity index (χ1) is 14.3. The summed E-state index contributed by atoms with van der Waals surface area (Å²) in [5, 5.41) is 23.1. The van der Waals surface area contributed by atoms with Crippen molar-refractivity contribution >= 4 is 23.4 Å². The summed E-state index contributed by atoms with van der Waals surface area (Å²) in [7, 11) is 0. The zero-order chi connectivity index (χ0) is 23.0. The molecule has 0 aromatic rings. The molecule has 0 heterocycles. The van der Waals surface area contributed by atoms with E-state index in [1.165, 1.54) is 6.92 Å². The molecular weight excluding hydrogens is 423 g/mol. The second-order valence-electron chi connectivity index (χ2n) is 10.9. The monoisotopic (exact) mass is 456 g/mol. The number of alkyl halides is 2. The third kappa shape index (κ3) is 2.86. The van der Waals surface area contributed by atoms with Crippen LogP contribution < -0.4 is 0 Å². The van der Waals surface area contributed by atoms with Gasteiger partial charge in [-0.25, -0.2) is 4.39 Å². The minimum absolute atomic E-state index is 0.0575. The third-order valence-electron chi connectivity index (χ3n) is 9.82. The first-order valence-electron chi connectivity index (χ1n) is 11.4. The molecule has 0 bridgehead atoms. The minimum atomic E-state index is -1.68. The Labute approximate surface area is 188 Å². The molecule has 174 valence electrons. The Morgan fingerprint density at radius 3 is 2.45 bits per heavy atom. The van der Waals surface area contributed by atoms with Crippen LogP contribution in [0.25, 0.3) is 0 Å². The van der Waals surface area contributed by atoms with Crippen molar-refractivity contribution in [2.75, 3.05) is 5.88 Å². The van der Waals surface area contributed by atoms with E-state index in [1.807, 2.05) is 13.8 Å². The number of fused-ring (bicyclic) bond motifs is 5. The molecule has 4 saturated carbocycles. The summed E-state index contributed by atoms with van der Waals surface area (Å²) in [4.78, 5) is 24.1. The Morgan fingerprint density at radius 2 is 1.84 bits per heavy atom. The molecule has 5 nitrogen and oxygen atoms in total. The fraction of sp³-hybridized carbons (Fsp3) is 0.833. The number of halogens is 2. The zero-order valence-corrected chi connectivity index (χ0v) is 19.4. The van der Waals surface area contributed by atoms with Crippen molar-refractivity contribution in [2.24, 2.45) is 28.6 Å². The smallest absolute Gasteiger partial charge is 0.302 e. The number of hydrogen-bond donors (Lipinski definition) is 2. The van der Waals surface area contributed by atoms with Crippen LogP contribution in [0, 0.1) is 28.6 Å². The predicted octanol–water partition coefficient (Wildman–Crippen LogP) is 3.73. The molecule has 9 atom stereocenters. The number of ketones is 1. The molecule has 2 N–H and O–H groups in total. The molecule has 0 aromatic carbocycles. The summed E-state index contributed by atoms with van der Waals surface area (Å²) >= 11 is 5.84. The SMILES string of the molecule is C=C1C[C@H]2[C@@H]3C[C@@H](F)[C@@]4(O)C[C@@H](OC(C)=O)CC[C@]4(C)[C@H]3CC[C@]2(C)[C@@]1(O)C(=O)CCl. The van der Waals surface area contributed by atoms with Crippen LogP contribution in [0.1, 0.15) is 65.7 Å². The third-order valence-corrected chi connectivity index (χ3v) is 10.1. The topological polar surface area (TPSA) is 83.8 Å². The quantitative estimate of drug-likeness (QED) is 0.384. The maximum Gasteiger partial charge on any atom is 0.302 e. The molecule has 4 rings (SSSR count). The Morgan fingerprint density at radius 1 is 1.19 bits per heavy atom. The molecule has 4 aliphatic rings. The van der Waals surface area contributed by atoms with Gasteiger partial charge in [-0.15, -0.1) is 11.6 Å². The summed E-state index contributed by atoms with van der Waals surface area (Å²) in [6.07, 6.45) is 1.24. The van der Waals surface area contributed by atoms with E-state index in [1.54, 1.807) is 0 Å². The molecule has 4 aliphatic carbocycles. The number of aliphatic hydroxyl groups is 2. The molecule has 0 saturated heterocycles. The van der Waals surface area contributed by atoms with Gasteiger partial charge in [-0.3, -0.25) is 9.59 Å². The van der Waals surface area contributed by atoms with Gasteiger partial charge in [0.05, 0.1) is 5.88 Å². The van der Waals surface area contributed by atoms with E-state index in [0.29, 0.717) is 37.7 Å². The first kappa shape index (κ1) is 23.2. The Kier molecular flexibility index (Phi) is 5.43. The van der Waals surface area contributed by atoms with Gasteiger partial charge in [0.15, 0.2) is 11.4 Å². The van der Waals surface area contributed by atoms with Crippen LogP contribution in [0.4, 0.5) is 4.39 Å². The maximum atomic E-state index is 15.8. The van der Waals surface area contributed by atoms with Gasteiger partial charge in [0.2, 0.25) is 0 Å². The predicted molar refractivity (Wildman–Crippen MR) is 114 cm³/mol. The average molecular weight is 457 g/mol. The van der Waals surface area contributed by atoms with Crippen molar-refractivity contribution in [3.05, 3.63) is 12.2 Å². The highest BCUT2D eigenvalue weighted by molar-refractivity contribution is 6.29. The largest absolute Gasteiger partial charge is 0.462 e. The van der Waals surface area contributed by atoms with E-state index in [4.69, 9.17) is 16.3 Å². The summed E-state index contributed by atoms with van der Waals surface area (Å²) in [5.74, 6) is -1.24. The second kappa shape index (κ2) is 7.26. The second-order valence-corrected chi connectivity index (χ2v) is 11.2. The standard InChI is InChI=1S/C24H34ClFO5/c1-13-9-18-16-10-19(26)23(29)11-15(31-14(2)27)5-7-21(23,3)17(16)6-8-22(18,4)24(13,30)20(28)12-25/h15-19,29-30H,1,5-12H2,2-4H3/t15-,16+,17-,18-,19+,21+,22-,23-,24-/m0/s1. The van der Waals surface area contributed by atoms with Crippen LogP contribution in [0.15, 0.2) is 12.2 Å². The number of hydrogen-bond acceptors (Lipinski definition) is 5. The van der Waals surface area contributed by atoms with E-state index in [0.717, 1.165) is 0 Å². The normalized spacial score (nSPS) is 51.5.